The zero-order valence-corrected chi connectivity index (χ0v) is 28.9. The highest BCUT2D eigenvalue weighted by atomic mass is 16.4. The molecule has 0 saturated heterocycles. The Labute approximate surface area is 300 Å². The Morgan fingerprint density at radius 2 is 0.981 bits per heavy atom. The van der Waals surface area contributed by atoms with Crippen LogP contribution >= 0.6 is 0 Å². The van der Waals surface area contributed by atoms with Gasteiger partial charge in [-0.15, -0.1) is 0 Å². The number of nitrogens with two attached hydrogens (primary N) is 1. The molecule has 10 N–H and O–H groups in total. The maximum atomic E-state index is 13.8. The highest BCUT2D eigenvalue weighted by Crippen LogP contribution is 2.10. The van der Waals surface area contributed by atoms with E-state index in [0.29, 0.717) is 11.1 Å². The smallest absolute Gasteiger partial charge is 0.322 e. The minimum absolute atomic E-state index is 0.0725. The second-order valence-corrected chi connectivity index (χ2v) is 12.4. The molecule has 282 valence electrons. The van der Waals surface area contributed by atoms with Crippen LogP contribution < -0.4 is 32.3 Å². The third-order valence-corrected chi connectivity index (χ3v) is 7.78. The number of benzene rings is 2. The molecule has 5 atom stereocenters. The highest BCUT2D eigenvalue weighted by molar-refractivity contribution is 5.96. The molecule has 2 aromatic rings. The highest BCUT2D eigenvalue weighted by Gasteiger charge is 2.33. The SMILES string of the molecule is CC(C)[C@H](NC(=O)[C@H](Cc1ccccc1)NC(=O)[C@H](CCC(=O)O)NC(=O)[C@H](Cc1ccccc1)NC(=O)[C@@H](N)CCC(=O)O)C(=O)NCC(=O)O. The average molecular weight is 727 g/mol. The number of carboxylic acid groups (broad SMARTS) is 3. The molecule has 0 spiro atoms. The van der Waals surface area contributed by atoms with Gasteiger partial charge in [-0.25, -0.2) is 0 Å². The lowest BCUT2D eigenvalue weighted by Gasteiger charge is -2.27. The third-order valence-electron chi connectivity index (χ3n) is 7.78. The van der Waals surface area contributed by atoms with Gasteiger partial charge >= 0.3 is 17.9 Å². The first-order valence-electron chi connectivity index (χ1n) is 16.5. The number of nitrogens with one attached hydrogen (secondary N) is 5. The minimum atomic E-state index is -1.52. The first kappa shape index (κ1) is 42.3. The molecule has 2 rings (SSSR count). The van der Waals surface area contributed by atoms with Crippen LogP contribution in [-0.4, -0.2) is 99.5 Å². The van der Waals surface area contributed by atoms with Crippen molar-refractivity contribution in [1.82, 2.24) is 26.6 Å². The summed E-state index contributed by atoms with van der Waals surface area (Å²) in [4.78, 5) is 100. The predicted octanol–water partition coefficient (Wildman–Crippen LogP) is -0.675. The van der Waals surface area contributed by atoms with Crippen LogP contribution in [-0.2, 0) is 51.2 Å². The quantitative estimate of drug-likeness (QED) is 0.0730. The summed E-state index contributed by atoms with van der Waals surface area (Å²) >= 11 is 0. The van der Waals surface area contributed by atoms with Gasteiger partial charge in [-0.3, -0.25) is 38.4 Å². The standard InChI is InChI=1S/C35H46N6O11/c1-20(2)30(35(52)37-19-29(46)47)41-34(51)26(18-22-11-7-4-8-12-22)40-32(49)24(14-16-28(44)45)38-33(50)25(17-21-9-5-3-6-10-21)39-31(48)23(36)13-15-27(42)43/h3-12,20,23-26,30H,13-19,36H2,1-2H3,(H,37,52)(H,38,50)(H,39,48)(H,40,49)(H,41,51)(H,42,43)(H,44,45)(H,46,47)/t23-,24-,25-,26-,30-/m0/s1. The van der Waals surface area contributed by atoms with Gasteiger partial charge in [0.1, 0.15) is 30.7 Å². The lowest BCUT2D eigenvalue weighted by Crippen LogP contribution is -2.60. The molecule has 0 aromatic heterocycles. The van der Waals surface area contributed by atoms with Crippen LogP contribution in [0.3, 0.4) is 0 Å². The fourth-order valence-electron chi connectivity index (χ4n) is 4.95. The van der Waals surface area contributed by atoms with Crippen molar-refractivity contribution in [2.45, 2.75) is 82.6 Å². The number of carbonyl (C=O) groups excluding carboxylic acids is 5. The molecule has 0 radical (unpaired) electrons. The molecule has 0 saturated carbocycles. The normalized spacial score (nSPS) is 13.7. The summed E-state index contributed by atoms with van der Waals surface area (Å²) in [6.45, 7) is 2.56. The topological polar surface area (TPSA) is 283 Å². The molecular formula is C35H46N6O11. The fourth-order valence-corrected chi connectivity index (χ4v) is 4.95. The summed E-state index contributed by atoms with van der Waals surface area (Å²) in [6.07, 6.45) is -1.75. The third kappa shape index (κ3) is 15.4. The van der Waals surface area contributed by atoms with Crippen LogP contribution in [0, 0.1) is 5.92 Å². The van der Waals surface area contributed by atoms with Gasteiger partial charge < -0.3 is 47.6 Å². The molecule has 0 aliphatic rings. The van der Waals surface area contributed by atoms with E-state index in [1.807, 2.05) is 0 Å². The molecule has 0 heterocycles. The Hall–Kier alpha value is -5.84. The lowest BCUT2D eigenvalue weighted by molar-refractivity contribution is -0.139. The van der Waals surface area contributed by atoms with Gasteiger partial charge in [-0.05, 0) is 29.9 Å². The second-order valence-electron chi connectivity index (χ2n) is 12.4. The number of hydrogen-bond donors (Lipinski definition) is 9. The molecule has 0 aliphatic heterocycles. The molecule has 0 unspecified atom stereocenters. The van der Waals surface area contributed by atoms with E-state index in [4.69, 9.17) is 15.9 Å². The van der Waals surface area contributed by atoms with Gasteiger partial charge in [0.05, 0.1) is 6.04 Å². The van der Waals surface area contributed by atoms with Gasteiger partial charge in [0, 0.05) is 25.7 Å². The molecule has 0 bridgehead atoms. The van der Waals surface area contributed by atoms with Crippen LogP contribution in [0.5, 0.6) is 0 Å². The van der Waals surface area contributed by atoms with Gasteiger partial charge in [-0.1, -0.05) is 74.5 Å². The molecule has 52 heavy (non-hydrogen) atoms. The van der Waals surface area contributed by atoms with Crippen molar-refractivity contribution in [2.75, 3.05) is 6.54 Å². The number of hydrogen-bond acceptors (Lipinski definition) is 9. The summed E-state index contributed by atoms with van der Waals surface area (Å²) in [5.74, 6) is -8.47. The van der Waals surface area contributed by atoms with Crippen LogP contribution in [0.25, 0.3) is 0 Å². The number of amides is 5. The summed E-state index contributed by atoms with van der Waals surface area (Å²) in [7, 11) is 0. The van der Waals surface area contributed by atoms with Gasteiger partial charge in [0.25, 0.3) is 0 Å². The Bertz CT molecular complexity index is 1550. The van der Waals surface area contributed by atoms with Gasteiger partial charge in [-0.2, -0.15) is 0 Å². The van der Waals surface area contributed by atoms with E-state index in [0.717, 1.165) is 0 Å². The van der Waals surface area contributed by atoms with Crippen molar-refractivity contribution in [2.24, 2.45) is 11.7 Å². The van der Waals surface area contributed by atoms with Crippen molar-refractivity contribution < 1.29 is 53.7 Å². The maximum absolute atomic E-state index is 13.8. The van der Waals surface area contributed by atoms with E-state index in [-0.39, 0.29) is 19.3 Å². The Kier molecular flexibility index (Phi) is 17.4. The van der Waals surface area contributed by atoms with Crippen LogP contribution in [0.1, 0.15) is 50.7 Å². The number of aliphatic carboxylic acids is 3. The van der Waals surface area contributed by atoms with E-state index >= 15 is 0 Å². The molecule has 0 fully saturated rings. The van der Waals surface area contributed by atoms with Crippen LogP contribution in [0.2, 0.25) is 0 Å². The number of rotatable bonds is 22. The Balaban J connectivity index is 2.37. The van der Waals surface area contributed by atoms with Crippen molar-refractivity contribution in [3.05, 3.63) is 71.8 Å². The van der Waals surface area contributed by atoms with Crippen molar-refractivity contribution in [3.8, 4) is 0 Å². The zero-order chi connectivity index (χ0) is 38.8. The second kappa shape index (κ2) is 21.4. The molecule has 5 amide bonds. The summed E-state index contributed by atoms with van der Waals surface area (Å²) < 4.78 is 0. The Morgan fingerprint density at radius 1 is 0.558 bits per heavy atom. The zero-order valence-electron chi connectivity index (χ0n) is 28.9. The lowest BCUT2D eigenvalue weighted by atomic mass is 10.00. The summed E-state index contributed by atoms with van der Waals surface area (Å²) in [5.41, 5.74) is 7.08. The van der Waals surface area contributed by atoms with Gasteiger partial charge in [0.15, 0.2) is 0 Å². The minimum Gasteiger partial charge on any atom is -0.481 e. The first-order valence-corrected chi connectivity index (χ1v) is 16.5. The van der Waals surface area contributed by atoms with E-state index in [2.05, 4.69) is 26.6 Å². The number of carboxylic acids is 3. The van der Waals surface area contributed by atoms with Crippen molar-refractivity contribution in [3.63, 3.8) is 0 Å². The molecule has 17 heteroatoms. The van der Waals surface area contributed by atoms with Gasteiger partial charge in [0.2, 0.25) is 29.5 Å². The average Bonchev–Trinajstić information content (AvgIpc) is 3.09. The molecule has 2 aromatic carbocycles. The van der Waals surface area contributed by atoms with E-state index in [1.54, 1.807) is 74.5 Å². The maximum Gasteiger partial charge on any atom is 0.322 e. The van der Waals surface area contributed by atoms with Crippen molar-refractivity contribution >= 4 is 47.4 Å². The van der Waals surface area contributed by atoms with E-state index in [1.165, 1.54) is 0 Å². The van der Waals surface area contributed by atoms with E-state index in [9.17, 15) is 43.5 Å². The largest absolute Gasteiger partial charge is 0.481 e. The predicted molar refractivity (Wildman–Crippen MR) is 185 cm³/mol. The first-order chi connectivity index (χ1) is 24.6. The summed E-state index contributed by atoms with van der Waals surface area (Å²) in [6, 6.07) is 10.4. The molecule has 17 nitrogen and oxygen atoms in total. The fraction of sp³-hybridized carbons (Fsp3) is 0.429. The van der Waals surface area contributed by atoms with Crippen molar-refractivity contribution in [1.29, 1.82) is 0 Å². The van der Waals surface area contributed by atoms with Crippen LogP contribution in [0.4, 0.5) is 0 Å². The summed E-state index contributed by atoms with van der Waals surface area (Å²) in [5, 5.41) is 39.6. The van der Waals surface area contributed by atoms with Crippen LogP contribution in [0.15, 0.2) is 60.7 Å². The monoisotopic (exact) mass is 726 g/mol. The number of carbonyl (C=O) groups is 8. The molecule has 0 aliphatic carbocycles. The molecular weight excluding hydrogens is 680 g/mol. The van der Waals surface area contributed by atoms with E-state index < -0.39 is 109 Å². The Morgan fingerprint density at radius 3 is 1.44 bits per heavy atom.